The molecule has 1 fully saturated rings. The summed E-state index contributed by atoms with van der Waals surface area (Å²) in [5.74, 6) is 0. The first-order valence-electron chi connectivity index (χ1n) is 7.26. The normalized spacial score (nSPS) is 16.9. The highest BCUT2D eigenvalue weighted by atomic mass is 79.9. The predicted octanol–water partition coefficient (Wildman–Crippen LogP) is 2.69. The highest BCUT2D eigenvalue weighted by Crippen LogP contribution is 2.20. The van der Waals surface area contributed by atoms with Gasteiger partial charge in [0.1, 0.15) is 4.47 Å². The Morgan fingerprint density at radius 1 is 1.40 bits per heavy atom. The van der Waals surface area contributed by atoms with Crippen LogP contribution in [-0.4, -0.2) is 29.0 Å². The first kappa shape index (κ1) is 15.5. The van der Waals surface area contributed by atoms with Crippen molar-refractivity contribution in [2.24, 2.45) is 7.05 Å². The third-order valence-corrected chi connectivity index (χ3v) is 4.42. The maximum Gasteiger partial charge on any atom is 0.282 e. The van der Waals surface area contributed by atoms with E-state index in [1.807, 2.05) is 0 Å². The summed E-state index contributed by atoms with van der Waals surface area (Å²) in [6, 6.07) is 0. The van der Waals surface area contributed by atoms with Gasteiger partial charge in [0, 0.05) is 13.6 Å². The van der Waals surface area contributed by atoms with Crippen molar-refractivity contribution in [2.45, 2.75) is 44.6 Å². The SMILES string of the molecule is Cn1ncc(NCCOC2CCCCCC2)c(Br)c1=O. The second-order valence-electron chi connectivity index (χ2n) is 5.21. The van der Waals surface area contributed by atoms with Crippen LogP contribution in [0.5, 0.6) is 0 Å². The van der Waals surface area contributed by atoms with Crippen LogP contribution in [0.1, 0.15) is 38.5 Å². The van der Waals surface area contributed by atoms with Crippen molar-refractivity contribution in [3.63, 3.8) is 0 Å². The zero-order valence-corrected chi connectivity index (χ0v) is 13.5. The van der Waals surface area contributed by atoms with Crippen LogP contribution in [0.25, 0.3) is 0 Å². The number of anilines is 1. The number of ether oxygens (including phenoxy) is 1. The minimum atomic E-state index is -0.139. The standard InChI is InChI=1S/C14H22BrN3O2/c1-18-14(19)13(15)12(10-17-18)16-8-9-20-11-6-4-2-3-5-7-11/h10-11,16H,2-9H2,1H3. The van der Waals surface area contributed by atoms with Crippen molar-refractivity contribution in [3.8, 4) is 0 Å². The monoisotopic (exact) mass is 343 g/mol. The second-order valence-corrected chi connectivity index (χ2v) is 6.01. The van der Waals surface area contributed by atoms with Crippen LogP contribution in [0, 0.1) is 0 Å². The summed E-state index contributed by atoms with van der Waals surface area (Å²) >= 11 is 3.29. The maximum atomic E-state index is 11.7. The second kappa shape index (κ2) is 7.78. The molecule has 0 amide bonds. The van der Waals surface area contributed by atoms with Gasteiger partial charge in [0.15, 0.2) is 0 Å². The van der Waals surface area contributed by atoms with Gasteiger partial charge >= 0.3 is 0 Å². The van der Waals surface area contributed by atoms with Gasteiger partial charge in [-0.25, -0.2) is 4.68 Å². The molecule has 112 valence electrons. The molecule has 2 rings (SSSR count). The largest absolute Gasteiger partial charge is 0.380 e. The highest BCUT2D eigenvalue weighted by molar-refractivity contribution is 9.10. The predicted molar refractivity (Wildman–Crippen MR) is 83.1 cm³/mol. The van der Waals surface area contributed by atoms with Crippen molar-refractivity contribution >= 4 is 21.6 Å². The molecule has 1 heterocycles. The van der Waals surface area contributed by atoms with Crippen LogP contribution in [0.3, 0.4) is 0 Å². The van der Waals surface area contributed by atoms with E-state index >= 15 is 0 Å². The van der Waals surface area contributed by atoms with Crippen LogP contribution in [0.2, 0.25) is 0 Å². The summed E-state index contributed by atoms with van der Waals surface area (Å²) in [4.78, 5) is 11.7. The highest BCUT2D eigenvalue weighted by Gasteiger charge is 2.12. The molecule has 5 nitrogen and oxygen atoms in total. The van der Waals surface area contributed by atoms with Gasteiger partial charge in [-0.15, -0.1) is 0 Å². The van der Waals surface area contributed by atoms with Crippen LogP contribution in [0.15, 0.2) is 15.5 Å². The van der Waals surface area contributed by atoms with E-state index in [2.05, 4.69) is 26.3 Å². The quantitative estimate of drug-likeness (QED) is 0.659. The number of halogens is 1. The average molecular weight is 344 g/mol. The fourth-order valence-electron chi connectivity index (χ4n) is 2.45. The van der Waals surface area contributed by atoms with Gasteiger partial charge in [-0.1, -0.05) is 25.7 Å². The molecule has 0 aromatic carbocycles. The summed E-state index contributed by atoms with van der Waals surface area (Å²) in [5.41, 5.74) is 0.581. The fourth-order valence-corrected chi connectivity index (χ4v) is 2.95. The van der Waals surface area contributed by atoms with Crippen LogP contribution in [0.4, 0.5) is 5.69 Å². The number of rotatable bonds is 5. The Balaban J connectivity index is 1.76. The molecule has 0 bridgehead atoms. The van der Waals surface area contributed by atoms with Crippen LogP contribution in [-0.2, 0) is 11.8 Å². The number of aromatic nitrogens is 2. The first-order chi connectivity index (χ1) is 9.68. The summed E-state index contributed by atoms with van der Waals surface area (Å²) in [7, 11) is 1.63. The Hall–Kier alpha value is -0.880. The molecule has 0 aliphatic heterocycles. The fraction of sp³-hybridized carbons (Fsp3) is 0.714. The van der Waals surface area contributed by atoms with Crippen molar-refractivity contribution in [2.75, 3.05) is 18.5 Å². The van der Waals surface area contributed by atoms with E-state index in [0.717, 1.165) is 5.69 Å². The third-order valence-electron chi connectivity index (χ3n) is 3.65. The lowest BCUT2D eigenvalue weighted by molar-refractivity contribution is 0.0501. The van der Waals surface area contributed by atoms with Gasteiger partial charge in [-0.05, 0) is 28.8 Å². The van der Waals surface area contributed by atoms with Gasteiger partial charge in [0.05, 0.1) is 24.6 Å². The molecule has 1 N–H and O–H groups in total. The number of aryl methyl sites for hydroxylation is 1. The average Bonchev–Trinajstić information content (AvgIpc) is 2.72. The van der Waals surface area contributed by atoms with E-state index < -0.39 is 0 Å². The summed E-state index contributed by atoms with van der Waals surface area (Å²) in [6.45, 7) is 1.34. The van der Waals surface area contributed by atoms with Gasteiger partial charge in [0.25, 0.3) is 5.56 Å². The van der Waals surface area contributed by atoms with Crippen LogP contribution < -0.4 is 10.9 Å². The lowest BCUT2D eigenvalue weighted by atomic mass is 10.1. The molecule has 1 aliphatic carbocycles. The molecule has 6 heteroatoms. The van der Waals surface area contributed by atoms with Crippen molar-refractivity contribution in [3.05, 3.63) is 21.0 Å². The zero-order valence-electron chi connectivity index (χ0n) is 11.9. The first-order valence-corrected chi connectivity index (χ1v) is 8.05. The molecule has 0 unspecified atom stereocenters. The van der Waals surface area contributed by atoms with Gasteiger partial charge in [-0.2, -0.15) is 5.10 Å². The van der Waals surface area contributed by atoms with E-state index in [1.165, 1.54) is 43.2 Å². The summed E-state index contributed by atoms with van der Waals surface area (Å²) in [5, 5.41) is 7.18. The molecule has 1 saturated carbocycles. The summed E-state index contributed by atoms with van der Waals surface area (Å²) < 4.78 is 7.72. The number of nitrogens with zero attached hydrogens (tertiary/aromatic N) is 2. The van der Waals surface area contributed by atoms with Crippen LogP contribution >= 0.6 is 15.9 Å². The number of hydrogen-bond acceptors (Lipinski definition) is 4. The topological polar surface area (TPSA) is 56.1 Å². The number of hydrogen-bond donors (Lipinski definition) is 1. The Morgan fingerprint density at radius 2 is 2.10 bits per heavy atom. The molecule has 0 radical (unpaired) electrons. The molecule has 1 aromatic heterocycles. The van der Waals surface area contributed by atoms with Crippen molar-refractivity contribution in [1.29, 1.82) is 0 Å². The van der Waals surface area contributed by atoms with E-state index in [0.29, 0.717) is 23.7 Å². The molecule has 0 saturated heterocycles. The summed E-state index contributed by atoms with van der Waals surface area (Å²) in [6.07, 6.45) is 9.65. The Bertz CT molecular complexity index is 482. The lowest BCUT2D eigenvalue weighted by Gasteiger charge is -2.16. The van der Waals surface area contributed by atoms with Gasteiger partial charge < -0.3 is 10.1 Å². The maximum absolute atomic E-state index is 11.7. The molecule has 0 atom stereocenters. The van der Waals surface area contributed by atoms with Gasteiger partial charge in [0.2, 0.25) is 0 Å². The Kier molecular flexibility index (Phi) is 6.04. The molecular formula is C14H22BrN3O2. The van der Waals surface area contributed by atoms with E-state index in [9.17, 15) is 4.79 Å². The lowest BCUT2D eigenvalue weighted by Crippen LogP contribution is -2.23. The van der Waals surface area contributed by atoms with Crippen molar-refractivity contribution in [1.82, 2.24) is 9.78 Å². The van der Waals surface area contributed by atoms with E-state index in [1.54, 1.807) is 13.2 Å². The number of nitrogens with one attached hydrogen (secondary N) is 1. The smallest absolute Gasteiger partial charge is 0.282 e. The molecule has 1 aromatic rings. The molecule has 1 aliphatic rings. The third kappa shape index (κ3) is 4.31. The Morgan fingerprint density at radius 3 is 2.80 bits per heavy atom. The van der Waals surface area contributed by atoms with Crippen molar-refractivity contribution < 1.29 is 4.74 Å². The molecular weight excluding hydrogens is 322 g/mol. The molecule has 20 heavy (non-hydrogen) atoms. The molecule has 0 spiro atoms. The zero-order chi connectivity index (χ0) is 14.4. The minimum Gasteiger partial charge on any atom is -0.380 e. The van der Waals surface area contributed by atoms with E-state index in [4.69, 9.17) is 4.74 Å². The van der Waals surface area contributed by atoms with Gasteiger partial charge in [-0.3, -0.25) is 4.79 Å². The minimum absolute atomic E-state index is 0.139. The Labute approximate surface area is 127 Å². The van der Waals surface area contributed by atoms with E-state index in [-0.39, 0.29) is 5.56 Å².